The van der Waals surface area contributed by atoms with Gasteiger partial charge in [0, 0.05) is 6.61 Å². The molecular formula is C18H38O2. The summed E-state index contributed by atoms with van der Waals surface area (Å²) in [7, 11) is 0. The number of aliphatic hydroxyl groups excluding tert-OH is 2. The Hall–Kier alpha value is -0.0800. The van der Waals surface area contributed by atoms with Gasteiger partial charge in [-0.05, 0) is 19.3 Å². The van der Waals surface area contributed by atoms with Crippen molar-refractivity contribution >= 4 is 0 Å². The fourth-order valence-electron chi connectivity index (χ4n) is 2.68. The molecule has 0 aromatic rings. The molecule has 1 atom stereocenters. The van der Waals surface area contributed by atoms with E-state index < -0.39 is 0 Å². The van der Waals surface area contributed by atoms with Gasteiger partial charge < -0.3 is 10.2 Å². The molecule has 0 rings (SSSR count). The second kappa shape index (κ2) is 17.0. The summed E-state index contributed by atoms with van der Waals surface area (Å²) in [6.45, 7) is 2.58. The van der Waals surface area contributed by atoms with Gasteiger partial charge in [0.05, 0.1) is 6.10 Å². The standard InChI is InChI=1S/C18H38O2/c1-2-3-4-5-6-9-12-15-18(20)16-13-10-7-8-11-14-17-19/h18-20H,2-17H2,1H3. The summed E-state index contributed by atoms with van der Waals surface area (Å²) in [5, 5.41) is 18.6. The van der Waals surface area contributed by atoms with Crippen molar-refractivity contribution in [2.24, 2.45) is 0 Å². The molecule has 122 valence electrons. The highest BCUT2D eigenvalue weighted by atomic mass is 16.3. The number of unbranched alkanes of at least 4 members (excludes halogenated alkanes) is 11. The van der Waals surface area contributed by atoms with Gasteiger partial charge in [0.25, 0.3) is 0 Å². The van der Waals surface area contributed by atoms with Gasteiger partial charge in [-0.1, -0.05) is 84.0 Å². The van der Waals surface area contributed by atoms with E-state index in [1.165, 1.54) is 64.2 Å². The first kappa shape index (κ1) is 19.9. The zero-order valence-corrected chi connectivity index (χ0v) is 13.8. The summed E-state index contributed by atoms with van der Waals surface area (Å²) in [5.74, 6) is 0. The van der Waals surface area contributed by atoms with Crippen LogP contribution in [0, 0.1) is 0 Å². The van der Waals surface area contributed by atoms with Gasteiger partial charge in [-0.3, -0.25) is 0 Å². The van der Waals surface area contributed by atoms with Crippen LogP contribution >= 0.6 is 0 Å². The van der Waals surface area contributed by atoms with Gasteiger partial charge in [0.1, 0.15) is 0 Å². The van der Waals surface area contributed by atoms with Gasteiger partial charge in [-0.15, -0.1) is 0 Å². The Labute approximate surface area is 127 Å². The van der Waals surface area contributed by atoms with Crippen LogP contribution in [0.3, 0.4) is 0 Å². The van der Waals surface area contributed by atoms with Crippen LogP contribution in [0.15, 0.2) is 0 Å². The zero-order chi connectivity index (χ0) is 14.9. The Balaban J connectivity index is 3.11. The largest absolute Gasteiger partial charge is 0.396 e. The van der Waals surface area contributed by atoms with E-state index in [-0.39, 0.29) is 6.10 Å². The van der Waals surface area contributed by atoms with Gasteiger partial charge in [-0.25, -0.2) is 0 Å². The monoisotopic (exact) mass is 286 g/mol. The highest BCUT2D eigenvalue weighted by Crippen LogP contribution is 2.14. The van der Waals surface area contributed by atoms with Crippen LogP contribution in [-0.2, 0) is 0 Å². The average Bonchev–Trinajstić information content (AvgIpc) is 2.45. The van der Waals surface area contributed by atoms with Crippen LogP contribution in [-0.4, -0.2) is 22.9 Å². The van der Waals surface area contributed by atoms with Crippen molar-refractivity contribution in [3.63, 3.8) is 0 Å². The molecule has 2 heteroatoms. The molecule has 0 heterocycles. The van der Waals surface area contributed by atoms with E-state index in [4.69, 9.17) is 5.11 Å². The highest BCUT2D eigenvalue weighted by Gasteiger charge is 2.03. The number of hydrogen-bond donors (Lipinski definition) is 2. The molecule has 20 heavy (non-hydrogen) atoms. The van der Waals surface area contributed by atoms with Crippen LogP contribution in [0.5, 0.6) is 0 Å². The van der Waals surface area contributed by atoms with Crippen molar-refractivity contribution in [3.05, 3.63) is 0 Å². The van der Waals surface area contributed by atoms with E-state index in [1.54, 1.807) is 0 Å². The predicted molar refractivity (Wildman–Crippen MR) is 88.0 cm³/mol. The Morgan fingerprint density at radius 3 is 1.45 bits per heavy atom. The summed E-state index contributed by atoms with van der Waals surface area (Å²) in [5.41, 5.74) is 0. The Morgan fingerprint density at radius 2 is 1.00 bits per heavy atom. The molecule has 0 amide bonds. The fourth-order valence-corrected chi connectivity index (χ4v) is 2.68. The van der Waals surface area contributed by atoms with Crippen molar-refractivity contribution < 1.29 is 10.2 Å². The first-order chi connectivity index (χ1) is 9.81. The number of rotatable bonds is 16. The fraction of sp³-hybridized carbons (Fsp3) is 1.00. The van der Waals surface area contributed by atoms with E-state index in [1.807, 2.05) is 0 Å². The molecule has 0 aliphatic rings. The van der Waals surface area contributed by atoms with Gasteiger partial charge >= 0.3 is 0 Å². The van der Waals surface area contributed by atoms with Crippen LogP contribution in [0.25, 0.3) is 0 Å². The Morgan fingerprint density at radius 1 is 0.600 bits per heavy atom. The van der Waals surface area contributed by atoms with Crippen molar-refractivity contribution in [2.75, 3.05) is 6.61 Å². The summed E-state index contributed by atoms with van der Waals surface area (Å²) in [6.07, 6.45) is 18.2. The molecule has 0 aliphatic carbocycles. The van der Waals surface area contributed by atoms with E-state index >= 15 is 0 Å². The first-order valence-electron chi connectivity index (χ1n) is 9.10. The maximum atomic E-state index is 9.90. The number of hydrogen-bond acceptors (Lipinski definition) is 2. The summed E-state index contributed by atoms with van der Waals surface area (Å²) in [4.78, 5) is 0. The maximum Gasteiger partial charge on any atom is 0.0540 e. The molecule has 0 aromatic carbocycles. The quantitative estimate of drug-likeness (QED) is 0.382. The van der Waals surface area contributed by atoms with Crippen LogP contribution in [0.4, 0.5) is 0 Å². The zero-order valence-electron chi connectivity index (χ0n) is 13.8. The molecule has 0 radical (unpaired) electrons. The lowest BCUT2D eigenvalue weighted by Crippen LogP contribution is -2.05. The summed E-state index contributed by atoms with van der Waals surface area (Å²) >= 11 is 0. The summed E-state index contributed by atoms with van der Waals surface area (Å²) < 4.78 is 0. The number of aliphatic hydroxyl groups is 2. The second-order valence-corrected chi connectivity index (χ2v) is 6.20. The first-order valence-corrected chi connectivity index (χ1v) is 9.10. The van der Waals surface area contributed by atoms with E-state index in [2.05, 4.69) is 6.92 Å². The lowest BCUT2D eigenvalue weighted by atomic mass is 10.0. The van der Waals surface area contributed by atoms with Crippen LogP contribution < -0.4 is 0 Å². The van der Waals surface area contributed by atoms with Crippen LogP contribution in [0.1, 0.15) is 103 Å². The third kappa shape index (κ3) is 16.0. The van der Waals surface area contributed by atoms with Gasteiger partial charge in [-0.2, -0.15) is 0 Å². The van der Waals surface area contributed by atoms with E-state index in [9.17, 15) is 5.11 Å². The molecule has 0 saturated carbocycles. The highest BCUT2D eigenvalue weighted by molar-refractivity contribution is 4.57. The van der Waals surface area contributed by atoms with Gasteiger partial charge in [0.2, 0.25) is 0 Å². The molecule has 2 nitrogen and oxygen atoms in total. The molecular weight excluding hydrogens is 248 g/mol. The Bertz CT molecular complexity index is 153. The minimum absolute atomic E-state index is 0.0666. The maximum absolute atomic E-state index is 9.90. The van der Waals surface area contributed by atoms with Crippen molar-refractivity contribution in [2.45, 2.75) is 109 Å². The Kier molecular flexibility index (Phi) is 16.9. The molecule has 0 bridgehead atoms. The topological polar surface area (TPSA) is 40.5 Å². The smallest absolute Gasteiger partial charge is 0.0540 e. The molecule has 0 saturated heterocycles. The van der Waals surface area contributed by atoms with E-state index in [0.717, 1.165) is 32.1 Å². The average molecular weight is 286 g/mol. The van der Waals surface area contributed by atoms with E-state index in [0.29, 0.717) is 6.61 Å². The lowest BCUT2D eigenvalue weighted by Gasteiger charge is -2.10. The van der Waals surface area contributed by atoms with Crippen LogP contribution in [0.2, 0.25) is 0 Å². The predicted octanol–water partition coefficient (Wildman–Crippen LogP) is 5.21. The SMILES string of the molecule is CCCCCCCCCC(O)CCCCCCCCO. The second-order valence-electron chi connectivity index (χ2n) is 6.20. The molecule has 0 spiro atoms. The molecule has 0 aliphatic heterocycles. The van der Waals surface area contributed by atoms with Crippen molar-refractivity contribution in [1.82, 2.24) is 0 Å². The lowest BCUT2D eigenvalue weighted by molar-refractivity contribution is 0.147. The third-order valence-electron chi connectivity index (χ3n) is 4.09. The van der Waals surface area contributed by atoms with Gasteiger partial charge in [0.15, 0.2) is 0 Å². The molecule has 1 unspecified atom stereocenters. The molecule has 0 fully saturated rings. The molecule has 0 aromatic heterocycles. The normalized spacial score (nSPS) is 12.8. The minimum Gasteiger partial charge on any atom is -0.396 e. The van der Waals surface area contributed by atoms with Crippen molar-refractivity contribution in [1.29, 1.82) is 0 Å². The molecule has 2 N–H and O–H groups in total. The summed E-state index contributed by atoms with van der Waals surface area (Å²) in [6, 6.07) is 0. The minimum atomic E-state index is -0.0666. The van der Waals surface area contributed by atoms with Crippen molar-refractivity contribution in [3.8, 4) is 0 Å². The third-order valence-corrected chi connectivity index (χ3v) is 4.09.